The Morgan fingerprint density at radius 2 is 1.89 bits per heavy atom. The van der Waals surface area contributed by atoms with Gasteiger partial charge in [0.2, 0.25) is 11.8 Å². The zero-order chi connectivity index (χ0) is 19.9. The number of amides is 2. The fourth-order valence-corrected chi connectivity index (χ4v) is 3.69. The lowest BCUT2D eigenvalue weighted by Crippen LogP contribution is -2.51. The Kier molecular flexibility index (Phi) is 7.00. The normalized spacial score (nSPS) is 14.7. The quantitative estimate of drug-likeness (QED) is 0.759. The van der Waals surface area contributed by atoms with Gasteiger partial charge in [0.05, 0.1) is 18.7 Å². The van der Waals surface area contributed by atoms with E-state index < -0.39 is 0 Å². The van der Waals surface area contributed by atoms with Crippen LogP contribution in [0.4, 0.5) is 0 Å². The van der Waals surface area contributed by atoms with Crippen molar-refractivity contribution in [1.82, 2.24) is 20.1 Å². The molecular formula is C20H26N4O3S. The summed E-state index contributed by atoms with van der Waals surface area (Å²) in [6.07, 6.45) is 0.302. The van der Waals surface area contributed by atoms with Gasteiger partial charge in [0.25, 0.3) is 0 Å². The van der Waals surface area contributed by atoms with Crippen molar-refractivity contribution in [3.63, 3.8) is 0 Å². The van der Waals surface area contributed by atoms with Crippen molar-refractivity contribution >= 4 is 23.2 Å². The van der Waals surface area contributed by atoms with Gasteiger partial charge in [-0.15, -0.1) is 11.3 Å². The fraction of sp³-hybridized carbons (Fsp3) is 0.450. The Labute approximate surface area is 169 Å². The Bertz CT molecular complexity index is 798. The van der Waals surface area contributed by atoms with E-state index in [9.17, 15) is 9.59 Å². The molecule has 150 valence electrons. The molecule has 7 nitrogen and oxygen atoms in total. The Balaban J connectivity index is 1.44. The number of ether oxygens (including phenoxy) is 1. The van der Waals surface area contributed by atoms with Crippen LogP contribution in [0, 0.1) is 6.92 Å². The van der Waals surface area contributed by atoms with E-state index in [1.165, 1.54) is 16.9 Å². The molecule has 8 heteroatoms. The van der Waals surface area contributed by atoms with Gasteiger partial charge in [0.1, 0.15) is 17.4 Å². The number of nitrogens with one attached hydrogen (secondary N) is 1. The summed E-state index contributed by atoms with van der Waals surface area (Å²) in [6.45, 7) is 5.54. The minimum atomic E-state index is 0.00244. The summed E-state index contributed by atoms with van der Waals surface area (Å²) in [5, 5.41) is 5.41. The molecule has 2 aromatic rings. The van der Waals surface area contributed by atoms with E-state index in [4.69, 9.17) is 4.74 Å². The van der Waals surface area contributed by atoms with Crippen molar-refractivity contribution in [3.8, 4) is 5.75 Å². The molecule has 1 N–H and O–H groups in total. The van der Waals surface area contributed by atoms with Crippen LogP contribution in [0.5, 0.6) is 5.75 Å². The van der Waals surface area contributed by atoms with E-state index in [0.717, 1.165) is 16.5 Å². The van der Waals surface area contributed by atoms with Crippen LogP contribution < -0.4 is 10.1 Å². The highest BCUT2D eigenvalue weighted by Gasteiger charge is 2.22. The molecule has 0 saturated carbocycles. The summed E-state index contributed by atoms with van der Waals surface area (Å²) in [6, 6.07) is 7.90. The van der Waals surface area contributed by atoms with E-state index >= 15 is 0 Å². The third kappa shape index (κ3) is 5.77. The number of hydrogen-bond acceptors (Lipinski definition) is 6. The largest absolute Gasteiger partial charge is 0.486 e. The lowest BCUT2D eigenvalue weighted by Gasteiger charge is -2.34. The zero-order valence-electron chi connectivity index (χ0n) is 16.3. The zero-order valence-corrected chi connectivity index (χ0v) is 17.1. The van der Waals surface area contributed by atoms with Gasteiger partial charge >= 0.3 is 0 Å². The molecule has 0 aliphatic carbocycles. The molecule has 2 amide bonds. The molecule has 28 heavy (non-hydrogen) atoms. The fourth-order valence-electron chi connectivity index (χ4n) is 2.98. The van der Waals surface area contributed by atoms with Crippen molar-refractivity contribution in [1.29, 1.82) is 0 Å². The van der Waals surface area contributed by atoms with Gasteiger partial charge in [0.15, 0.2) is 0 Å². The maximum Gasteiger partial charge on any atom is 0.233 e. The second-order valence-corrected chi connectivity index (χ2v) is 7.78. The average molecular weight is 403 g/mol. The average Bonchev–Trinajstić information content (AvgIpc) is 3.15. The van der Waals surface area contributed by atoms with Gasteiger partial charge < -0.3 is 15.0 Å². The Morgan fingerprint density at radius 1 is 1.18 bits per heavy atom. The van der Waals surface area contributed by atoms with Gasteiger partial charge in [-0.2, -0.15) is 0 Å². The summed E-state index contributed by atoms with van der Waals surface area (Å²) < 4.78 is 5.75. The number of nitrogens with zero attached hydrogens (tertiary/aromatic N) is 3. The number of likely N-dealkylation sites (N-methyl/N-ethyl adjacent to an activating group) is 1. The molecular weight excluding hydrogens is 376 g/mol. The molecule has 1 fully saturated rings. The van der Waals surface area contributed by atoms with Gasteiger partial charge in [-0.25, -0.2) is 4.98 Å². The first kappa shape index (κ1) is 20.3. The highest BCUT2D eigenvalue weighted by molar-refractivity contribution is 7.09. The predicted octanol–water partition coefficient (Wildman–Crippen LogP) is 1.46. The third-order valence-corrected chi connectivity index (χ3v) is 5.56. The SMILES string of the molecule is CNC(=O)CN1CCN(C(=O)Cc2csc(COc3ccc(C)cc3)n2)CC1. The summed E-state index contributed by atoms with van der Waals surface area (Å²) >= 11 is 1.51. The molecule has 1 aliphatic rings. The van der Waals surface area contributed by atoms with Crippen molar-refractivity contribution in [2.45, 2.75) is 20.0 Å². The van der Waals surface area contributed by atoms with E-state index in [-0.39, 0.29) is 11.8 Å². The minimum Gasteiger partial charge on any atom is -0.486 e. The number of benzene rings is 1. The molecule has 3 rings (SSSR count). The van der Waals surface area contributed by atoms with Crippen molar-refractivity contribution in [2.24, 2.45) is 0 Å². The van der Waals surface area contributed by atoms with Crippen molar-refractivity contribution in [3.05, 3.63) is 45.9 Å². The molecule has 0 atom stereocenters. The number of piperazine rings is 1. The topological polar surface area (TPSA) is 74.8 Å². The minimum absolute atomic E-state index is 0.00244. The van der Waals surface area contributed by atoms with Crippen molar-refractivity contribution in [2.75, 3.05) is 39.8 Å². The molecule has 1 aromatic carbocycles. The van der Waals surface area contributed by atoms with Crippen molar-refractivity contribution < 1.29 is 14.3 Å². The lowest BCUT2D eigenvalue weighted by atomic mass is 10.2. The smallest absolute Gasteiger partial charge is 0.233 e. The number of aromatic nitrogens is 1. The maximum atomic E-state index is 12.5. The van der Waals surface area contributed by atoms with E-state index in [1.54, 1.807) is 7.05 Å². The number of rotatable bonds is 7. The molecule has 0 bridgehead atoms. The molecule has 0 radical (unpaired) electrons. The molecule has 1 aliphatic heterocycles. The van der Waals surface area contributed by atoms with Crippen LogP contribution in [0.15, 0.2) is 29.6 Å². The second-order valence-electron chi connectivity index (χ2n) is 6.84. The van der Waals surface area contributed by atoms with Gasteiger partial charge in [-0.3, -0.25) is 14.5 Å². The molecule has 0 unspecified atom stereocenters. The van der Waals surface area contributed by atoms with Crippen LogP contribution in [0.25, 0.3) is 0 Å². The third-order valence-electron chi connectivity index (χ3n) is 4.69. The first-order valence-corrected chi connectivity index (χ1v) is 10.2. The summed E-state index contributed by atoms with van der Waals surface area (Å²) in [4.78, 5) is 32.4. The molecule has 2 heterocycles. The van der Waals surface area contributed by atoms with E-state index in [0.29, 0.717) is 45.8 Å². The lowest BCUT2D eigenvalue weighted by molar-refractivity contribution is -0.132. The second kappa shape index (κ2) is 9.66. The highest BCUT2D eigenvalue weighted by atomic mass is 32.1. The van der Waals surface area contributed by atoms with E-state index in [1.807, 2.05) is 41.5 Å². The number of thiazole rings is 1. The standard InChI is InChI=1S/C20H26N4O3S/c1-15-3-5-17(6-4-15)27-13-19-22-16(14-28-19)11-20(26)24-9-7-23(8-10-24)12-18(25)21-2/h3-6,14H,7-13H2,1-2H3,(H,21,25). The molecule has 1 aromatic heterocycles. The summed E-state index contributed by atoms with van der Waals surface area (Å²) in [5.41, 5.74) is 1.97. The molecule has 0 spiro atoms. The first-order chi connectivity index (χ1) is 13.5. The highest BCUT2D eigenvalue weighted by Crippen LogP contribution is 2.17. The van der Waals surface area contributed by atoms with Crippen LogP contribution in [0.1, 0.15) is 16.3 Å². The number of carbonyl (C=O) groups excluding carboxylic acids is 2. The van der Waals surface area contributed by atoms with Crippen LogP contribution in [0.3, 0.4) is 0 Å². The summed E-state index contributed by atoms with van der Waals surface area (Å²) in [5.74, 6) is 0.895. The van der Waals surface area contributed by atoms with Crippen LogP contribution >= 0.6 is 11.3 Å². The maximum absolute atomic E-state index is 12.5. The number of carbonyl (C=O) groups is 2. The summed E-state index contributed by atoms with van der Waals surface area (Å²) in [7, 11) is 1.63. The van der Waals surface area contributed by atoms with Crippen LogP contribution in [-0.4, -0.2) is 66.4 Å². The van der Waals surface area contributed by atoms with Crippen LogP contribution in [0.2, 0.25) is 0 Å². The van der Waals surface area contributed by atoms with Gasteiger partial charge in [0, 0.05) is 38.6 Å². The predicted molar refractivity (Wildman–Crippen MR) is 108 cm³/mol. The van der Waals surface area contributed by atoms with Gasteiger partial charge in [-0.05, 0) is 19.1 Å². The Morgan fingerprint density at radius 3 is 2.57 bits per heavy atom. The number of hydrogen-bond donors (Lipinski definition) is 1. The van der Waals surface area contributed by atoms with Gasteiger partial charge in [-0.1, -0.05) is 17.7 Å². The molecule has 1 saturated heterocycles. The van der Waals surface area contributed by atoms with Crippen LogP contribution in [-0.2, 0) is 22.6 Å². The number of aryl methyl sites for hydroxylation is 1. The Hall–Kier alpha value is -2.45. The van der Waals surface area contributed by atoms with E-state index in [2.05, 4.69) is 15.2 Å². The first-order valence-electron chi connectivity index (χ1n) is 9.37. The monoisotopic (exact) mass is 402 g/mol.